The largest absolute Gasteiger partial charge is 0.229 e. The average molecular weight is 211 g/mol. The van der Waals surface area contributed by atoms with Crippen molar-refractivity contribution < 1.29 is 8.42 Å². The molecule has 12 heavy (non-hydrogen) atoms. The predicted octanol–water partition coefficient (Wildman–Crippen LogP) is 2.00. The fourth-order valence-electron chi connectivity index (χ4n) is 0.691. The molecule has 0 N–H and O–H groups in total. The second-order valence-electron chi connectivity index (χ2n) is 2.47. The Bertz CT molecular complexity index is 219. The molecule has 0 aliphatic rings. The Labute approximate surface area is 79.5 Å². The van der Waals surface area contributed by atoms with E-state index >= 15 is 0 Å². The fraction of sp³-hybridized carbons (Fsp3) is 0.750. The van der Waals surface area contributed by atoms with Crippen molar-refractivity contribution in [3.63, 3.8) is 0 Å². The smallest absolute Gasteiger partial charge is 0.150 e. The van der Waals surface area contributed by atoms with Crippen LogP contribution in [0.1, 0.15) is 19.8 Å². The summed E-state index contributed by atoms with van der Waals surface area (Å²) in [5, 5.41) is 0. The molecule has 0 unspecified atom stereocenters. The Kier molecular flexibility index (Phi) is 6.48. The maximum absolute atomic E-state index is 11.0. The van der Waals surface area contributed by atoms with Gasteiger partial charge in [-0.05, 0) is 12.8 Å². The van der Waals surface area contributed by atoms with Crippen molar-refractivity contribution in [3.05, 3.63) is 12.2 Å². The molecule has 0 rings (SSSR count). The standard InChI is InChI=1S/C8H15ClO2S/c1-2-12(10,11)8-6-4-3-5-7-9/h3-4H,2,5-8H2,1H3/b4-3+. The fourth-order valence-corrected chi connectivity index (χ4v) is 1.60. The van der Waals surface area contributed by atoms with E-state index in [1.54, 1.807) is 6.92 Å². The molecule has 0 amide bonds. The van der Waals surface area contributed by atoms with Crippen LogP contribution in [-0.2, 0) is 9.84 Å². The SMILES string of the molecule is CCS(=O)(=O)CC/C=C/CCCl. The number of halogens is 1. The van der Waals surface area contributed by atoms with E-state index < -0.39 is 9.84 Å². The second-order valence-corrected chi connectivity index (χ2v) is 5.32. The van der Waals surface area contributed by atoms with Crippen LogP contribution < -0.4 is 0 Å². The van der Waals surface area contributed by atoms with Gasteiger partial charge in [0.25, 0.3) is 0 Å². The lowest BCUT2D eigenvalue weighted by Gasteiger charge is -1.95. The molecule has 0 aliphatic heterocycles. The molecule has 0 saturated carbocycles. The van der Waals surface area contributed by atoms with Crippen LogP contribution in [-0.4, -0.2) is 25.8 Å². The van der Waals surface area contributed by atoms with E-state index in [9.17, 15) is 8.42 Å². The van der Waals surface area contributed by atoms with Gasteiger partial charge in [-0.2, -0.15) is 0 Å². The van der Waals surface area contributed by atoms with Gasteiger partial charge >= 0.3 is 0 Å². The minimum absolute atomic E-state index is 0.232. The van der Waals surface area contributed by atoms with Crippen molar-refractivity contribution in [3.8, 4) is 0 Å². The molecule has 0 aliphatic carbocycles. The summed E-state index contributed by atoms with van der Waals surface area (Å²) in [4.78, 5) is 0. The Hall–Kier alpha value is -0.0200. The third-order valence-electron chi connectivity index (χ3n) is 1.48. The van der Waals surface area contributed by atoms with Crippen LogP contribution in [0.3, 0.4) is 0 Å². The lowest BCUT2D eigenvalue weighted by atomic mass is 10.3. The highest BCUT2D eigenvalue weighted by molar-refractivity contribution is 7.91. The Balaban J connectivity index is 3.56. The zero-order valence-corrected chi connectivity index (χ0v) is 8.87. The average Bonchev–Trinajstić information content (AvgIpc) is 2.04. The zero-order valence-electron chi connectivity index (χ0n) is 7.29. The number of sulfone groups is 1. The van der Waals surface area contributed by atoms with Crippen LogP contribution in [0, 0.1) is 0 Å². The maximum atomic E-state index is 11.0. The molecule has 0 aromatic carbocycles. The Morgan fingerprint density at radius 2 is 1.83 bits per heavy atom. The molecule has 0 aromatic rings. The third kappa shape index (κ3) is 6.68. The first-order valence-electron chi connectivity index (χ1n) is 4.03. The van der Waals surface area contributed by atoms with Gasteiger partial charge in [-0.15, -0.1) is 11.6 Å². The Morgan fingerprint density at radius 3 is 2.33 bits per heavy atom. The van der Waals surface area contributed by atoms with Gasteiger partial charge in [-0.25, -0.2) is 8.42 Å². The van der Waals surface area contributed by atoms with Crippen molar-refractivity contribution >= 4 is 21.4 Å². The number of hydrogen-bond acceptors (Lipinski definition) is 2. The molecule has 0 heterocycles. The molecule has 0 aromatic heterocycles. The zero-order chi connectivity index (χ0) is 9.45. The molecule has 0 spiro atoms. The molecule has 0 radical (unpaired) electrons. The van der Waals surface area contributed by atoms with Gasteiger partial charge in [0.05, 0.1) is 5.75 Å². The second kappa shape index (κ2) is 6.49. The molecule has 4 heteroatoms. The summed E-state index contributed by atoms with van der Waals surface area (Å²) in [6, 6.07) is 0. The van der Waals surface area contributed by atoms with Crippen molar-refractivity contribution in [2.24, 2.45) is 0 Å². The first-order chi connectivity index (χ1) is 5.62. The van der Waals surface area contributed by atoms with Crippen LogP contribution in [0.2, 0.25) is 0 Å². The summed E-state index contributed by atoms with van der Waals surface area (Å²) in [7, 11) is -2.79. The summed E-state index contributed by atoms with van der Waals surface area (Å²) >= 11 is 5.43. The first kappa shape index (κ1) is 12.0. The van der Waals surface area contributed by atoms with Crippen molar-refractivity contribution in [2.75, 3.05) is 17.4 Å². The molecule has 0 fully saturated rings. The number of alkyl halides is 1. The van der Waals surface area contributed by atoms with Gasteiger partial charge in [0.15, 0.2) is 0 Å². The lowest BCUT2D eigenvalue weighted by Crippen LogP contribution is -2.07. The summed E-state index contributed by atoms with van der Waals surface area (Å²) in [5.41, 5.74) is 0. The van der Waals surface area contributed by atoms with Gasteiger partial charge in [-0.1, -0.05) is 19.1 Å². The normalized spacial score (nSPS) is 12.5. The summed E-state index contributed by atoms with van der Waals surface area (Å²) in [5.74, 6) is 1.08. The number of rotatable bonds is 6. The number of hydrogen-bond donors (Lipinski definition) is 0. The first-order valence-corrected chi connectivity index (χ1v) is 6.39. The van der Waals surface area contributed by atoms with Crippen LogP contribution >= 0.6 is 11.6 Å². The van der Waals surface area contributed by atoms with Gasteiger partial charge in [0.2, 0.25) is 0 Å². The van der Waals surface area contributed by atoms with Gasteiger partial charge in [-0.3, -0.25) is 0 Å². The van der Waals surface area contributed by atoms with E-state index in [0.717, 1.165) is 6.42 Å². The van der Waals surface area contributed by atoms with E-state index in [0.29, 0.717) is 12.3 Å². The monoisotopic (exact) mass is 210 g/mol. The van der Waals surface area contributed by atoms with Crippen LogP contribution in [0.25, 0.3) is 0 Å². The minimum Gasteiger partial charge on any atom is -0.229 e. The summed E-state index contributed by atoms with van der Waals surface area (Å²) in [6.45, 7) is 1.66. The van der Waals surface area contributed by atoms with Crippen LogP contribution in [0.15, 0.2) is 12.2 Å². The topological polar surface area (TPSA) is 34.1 Å². The van der Waals surface area contributed by atoms with Crippen molar-refractivity contribution in [1.82, 2.24) is 0 Å². The highest BCUT2D eigenvalue weighted by Gasteiger charge is 2.03. The van der Waals surface area contributed by atoms with Crippen LogP contribution in [0.4, 0.5) is 0 Å². The van der Waals surface area contributed by atoms with Gasteiger partial charge in [0.1, 0.15) is 9.84 Å². The molecule has 72 valence electrons. The summed E-state index contributed by atoms with van der Waals surface area (Å²) < 4.78 is 21.9. The van der Waals surface area contributed by atoms with Gasteiger partial charge < -0.3 is 0 Å². The van der Waals surface area contributed by atoms with E-state index in [1.165, 1.54) is 0 Å². The highest BCUT2D eigenvalue weighted by Crippen LogP contribution is 1.96. The van der Waals surface area contributed by atoms with Crippen molar-refractivity contribution in [2.45, 2.75) is 19.8 Å². The quantitative estimate of drug-likeness (QED) is 0.497. The van der Waals surface area contributed by atoms with E-state index in [4.69, 9.17) is 11.6 Å². The predicted molar refractivity (Wildman–Crippen MR) is 53.4 cm³/mol. The third-order valence-corrected chi connectivity index (χ3v) is 3.43. The Morgan fingerprint density at radius 1 is 1.25 bits per heavy atom. The molecular weight excluding hydrogens is 196 g/mol. The molecule has 2 nitrogen and oxygen atoms in total. The van der Waals surface area contributed by atoms with Gasteiger partial charge in [0, 0.05) is 11.6 Å². The van der Waals surface area contributed by atoms with Crippen LogP contribution in [0.5, 0.6) is 0 Å². The summed E-state index contributed by atoms with van der Waals surface area (Å²) in [6.07, 6.45) is 5.20. The maximum Gasteiger partial charge on any atom is 0.150 e. The van der Waals surface area contributed by atoms with E-state index in [2.05, 4.69) is 0 Å². The molecule has 0 atom stereocenters. The molecule has 0 bridgehead atoms. The van der Waals surface area contributed by atoms with E-state index in [1.807, 2.05) is 12.2 Å². The molecular formula is C8H15ClO2S. The number of allylic oxidation sites excluding steroid dienone is 2. The van der Waals surface area contributed by atoms with Crippen molar-refractivity contribution in [1.29, 1.82) is 0 Å². The highest BCUT2D eigenvalue weighted by atomic mass is 35.5. The minimum atomic E-state index is -2.79. The molecule has 0 saturated heterocycles. The van der Waals surface area contributed by atoms with E-state index in [-0.39, 0.29) is 11.5 Å². The lowest BCUT2D eigenvalue weighted by molar-refractivity contribution is 0.597.